The minimum absolute atomic E-state index is 0.0359. The summed E-state index contributed by atoms with van der Waals surface area (Å²) < 4.78 is 0. The number of hydrogen-bond donors (Lipinski definition) is 2. The molecule has 112 valence electrons. The third-order valence-corrected chi connectivity index (χ3v) is 3.46. The Hall–Kier alpha value is -1.35. The van der Waals surface area contributed by atoms with Gasteiger partial charge in [-0.05, 0) is 31.9 Å². The van der Waals surface area contributed by atoms with Gasteiger partial charge in [0.25, 0.3) is 0 Å². The van der Waals surface area contributed by atoms with Crippen molar-refractivity contribution in [1.82, 2.24) is 5.32 Å². The van der Waals surface area contributed by atoms with E-state index in [0.717, 1.165) is 24.9 Å². The molecule has 1 aromatic carbocycles. The molecular weight excluding hydrogens is 248 g/mol. The van der Waals surface area contributed by atoms with Crippen LogP contribution in [0, 0.1) is 0 Å². The third-order valence-electron chi connectivity index (χ3n) is 3.46. The van der Waals surface area contributed by atoms with Crippen molar-refractivity contribution in [1.29, 1.82) is 0 Å². The SMILES string of the molecule is CCCCC(CCC)NC(C)C(=O)Nc1ccccc1. The number of anilines is 1. The Labute approximate surface area is 123 Å². The summed E-state index contributed by atoms with van der Waals surface area (Å²) >= 11 is 0. The van der Waals surface area contributed by atoms with Crippen molar-refractivity contribution in [2.24, 2.45) is 0 Å². The van der Waals surface area contributed by atoms with Crippen LogP contribution < -0.4 is 10.6 Å². The summed E-state index contributed by atoms with van der Waals surface area (Å²) in [7, 11) is 0. The maximum absolute atomic E-state index is 12.2. The molecule has 3 nitrogen and oxygen atoms in total. The van der Waals surface area contributed by atoms with Crippen LogP contribution in [0.4, 0.5) is 5.69 Å². The number of para-hydroxylation sites is 1. The standard InChI is InChI=1S/C17H28N2O/c1-4-6-11-15(10-5-2)18-14(3)17(20)19-16-12-8-7-9-13-16/h7-9,12-15,18H,4-6,10-11H2,1-3H3,(H,19,20). The minimum Gasteiger partial charge on any atom is -0.325 e. The van der Waals surface area contributed by atoms with Crippen LogP contribution in [-0.2, 0) is 4.79 Å². The summed E-state index contributed by atoms with van der Waals surface area (Å²) in [5, 5.41) is 6.40. The first kappa shape index (κ1) is 16.7. The molecule has 1 aromatic rings. The number of nitrogens with one attached hydrogen (secondary N) is 2. The van der Waals surface area contributed by atoms with Crippen LogP contribution in [0.25, 0.3) is 0 Å². The number of hydrogen-bond acceptors (Lipinski definition) is 2. The molecule has 1 rings (SSSR count). The summed E-state index contributed by atoms with van der Waals surface area (Å²) in [5.74, 6) is 0.0359. The molecule has 0 spiro atoms. The Morgan fingerprint density at radius 2 is 1.80 bits per heavy atom. The third kappa shape index (κ3) is 6.20. The van der Waals surface area contributed by atoms with E-state index in [-0.39, 0.29) is 11.9 Å². The number of rotatable bonds is 9. The molecule has 2 atom stereocenters. The first-order valence-electron chi connectivity index (χ1n) is 7.79. The lowest BCUT2D eigenvalue weighted by molar-refractivity contribution is -0.118. The van der Waals surface area contributed by atoms with E-state index in [1.807, 2.05) is 37.3 Å². The summed E-state index contributed by atoms with van der Waals surface area (Å²) in [4.78, 5) is 12.2. The van der Waals surface area contributed by atoms with E-state index in [9.17, 15) is 4.79 Å². The number of amides is 1. The molecule has 0 heterocycles. The van der Waals surface area contributed by atoms with Crippen molar-refractivity contribution in [3.05, 3.63) is 30.3 Å². The van der Waals surface area contributed by atoms with Gasteiger partial charge in [-0.25, -0.2) is 0 Å². The number of carbonyl (C=O) groups is 1. The van der Waals surface area contributed by atoms with Crippen molar-refractivity contribution in [3.8, 4) is 0 Å². The van der Waals surface area contributed by atoms with Crippen LogP contribution >= 0.6 is 0 Å². The zero-order chi connectivity index (χ0) is 14.8. The maximum Gasteiger partial charge on any atom is 0.241 e. The van der Waals surface area contributed by atoms with E-state index in [1.54, 1.807) is 0 Å². The fraction of sp³-hybridized carbons (Fsp3) is 0.588. The summed E-state index contributed by atoms with van der Waals surface area (Å²) in [6, 6.07) is 9.89. The van der Waals surface area contributed by atoms with E-state index >= 15 is 0 Å². The van der Waals surface area contributed by atoms with Gasteiger partial charge in [-0.2, -0.15) is 0 Å². The fourth-order valence-electron chi connectivity index (χ4n) is 2.31. The lowest BCUT2D eigenvalue weighted by Crippen LogP contribution is -2.44. The van der Waals surface area contributed by atoms with E-state index in [0.29, 0.717) is 6.04 Å². The predicted octanol–water partition coefficient (Wildman–Crippen LogP) is 3.96. The summed E-state index contributed by atoms with van der Waals surface area (Å²) in [5.41, 5.74) is 0.853. The van der Waals surface area contributed by atoms with Crippen molar-refractivity contribution < 1.29 is 4.79 Å². The second-order valence-electron chi connectivity index (χ2n) is 5.37. The van der Waals surface area contributed by atoms with Crippen LogP contribution in [-0.4, -0.2) is 18.0 Å². The smallest absolute Gasteiger partial charge is 0.241 e. The zero-order valence-corrected chi connectivity index (χ0v) is 13.0. The van der Waals surface area contributed by atoms with Gasteiger partial charge in [-0.3, -0.25) is 4.79 Å². The Bertz CT molecular complexity index is 378. The highest BCUT2D eigenvalue weighted by atomic mass is 16.2. The Kier molecular flexibility index (Phi) is 7.97. The molecule has 0 bridgehead atoms. The zero-order valence-electron chi connectivity index (χ0n) is 13.0. The lowest BCUT2D eigenvalue weighted by atomic mass is 10.0. The second kappa shape index (κ2) is 9.54. The predicted molar refractivity (Wildman–Crippen MR) is 85.9 cm³/mol. The minimum atomic E-state index is -0.163. The highest BCUT2D eigenvalue weighted by molar-refractivity contribution is 5.94. The molecule has 0 aliphatic heterocycles. The molecule has 0 saturated carbocycles. The molecule has 0 aromatic heterocycles. The largest absolute Gasteiger partial charge is 0.325 e. The van der Waals surface area contributed by atoms with Crippen molar-refractivity contribution in [3.63, 3.8) is 0 Å². The first-order valence-corrected chi connectivity index (χ1v) is 7.79. The van der Waals surface area contributed by atoms with Crippen LogP contribution in [0.3, 0.4) is 0 Å². The van der Waals surface area contributed by atoms with Crippen LogP contribution in [0.1, 0.15) is 52.9 Å². The normalized spacial score (nSPS) is 13.8. The van der Waals surface area contributed by atoms with Gasteiger partial charge >= 0.3 is 0 Å². The topological polar surface area (TPSA) is 41.1 Å². The van der Waals surface area contributed by atoms with Gasteiger partial charge in [0, 0.05) is 11.7 Å². The van der Waals surface area contributed by atoms with E-state index in [1.165, 1.54) is 12.8 Å². The molecular formula is C17H28N2O. The average Bonchev–Trinajstić information content (AvgIpc) is 2.46. The Balaban J connectivity index is 2.46. The molecule has 0 saturated heterocycles. The van der Waals surface area contributed by atoms with Gasteiger partial charge in [0.15, 0.2) is 0 Å². The van der Waals surface area contributed by atoms with Crippen LogP contribution in [0.2, 0.25) is 0 Å². The van der Waals surface area contributed by atoms with E-state index < -0.39 is 0 Å². The molecule has 0 aliphatic carbocycles. The maximum atomic E-state index is 12.2. The lowest BCUT2D eigenvalue weighted by Gasteiger charge is -2.22. The Morgan fingerprint density at radius 1 is 1.10 bits per heavy atom. The quantitative estimate of drug-likeness (QED) is 0.716. The van der Waals surface area contributed by atoms with Gasteiger partial charge in [0.05, 0.1) is 6.04 Å². The summed E-state index contributed by atoms with van der Waals surface area (Å²) in [6.07, 6.45) is 5.84. The molecule has 0 aliphatic rings. The number of benzene rings is 1. The molecule has 2 N–H and O–H groups in total. The van der Waals surface area contributed by atoms with Gasteiger partial charge < -0.3 is 10.6 Å². The fourth-order valence-corrected chi connectivity index (χ4v) is 2.31. The molecule has 2 unspecified atom stereocenters. The highest BCUT2D eigenvalue weighted by Gasteiger charge is 2.17. The van der Waals surface area contributed by atoms with Crippen molar-refractivity contribution >= 4 is 11.6 Å². The molecule has 1 amide bonds. The first-order chi connectivity index (χ1) is 9.67. The molecule has 0 radical (unpaired) electrons. The number of carbonyl (C=O) groups excluding carboxylic acids is 1. The summed E-state index contributed by atoms with van der Waals surface area (Å²) in [6.45, 7) is 6.33. The second-order valence-corrected chi connectivity index (χ2v) is 5.37. The average molecular weight is 276 g/mol. The molecule has 3 heteroatoms. The van der Waals surface area contributed by atoms with E-state index in [4.69, 9.17) is 0 Å². The van der Waals surface area contributed by atoms with Gasteiger partial charge in [-0.15, -0.1) is 0 Å². The van der Waals surface area contributed by atoms with Crippen LogP contribution in [0.15, 0.2) is 30.3 Å². The van der Waals surface area contributed by atoms with Crippen LogP contribution in [0.5, 0.6) is 0 Å². The number of unbranched alkanes of at least 4 members (excludes halogenated alkanes) is 1. The monoisotopic (exact) mass is 276 g/mol. The van der Waals surface area contributed by atoms with E-state index in [2.05, 4.69) is 24.5 Å². The highest BCUT2D eigenvalue weighted by Crippen LogP contribution is 2.09. The Morgan fingerprint density at radius 3 is 2.40 bits per heavy atom. The van der Waals surface area contributed by atoms with Crippen molar-refractivity contribution in [2.45, 2.75) is 65.0 Å². The van der Waals surface area contributed by atoms with Gasteiger partial charge in [-0.1, -0.05) is 51.3 Å². The molecule has 0 fully saturated rings. The van der Waals surface area contributed by atoms with Gasteiger partial charge in [0.2, 0.25) is 5.91 Å². The van der Waals surface area contributed by atoms with Gasteiger partial charge in [0.1, 0.15) is 0 Å². The molecule has 20 heavy (non-hydrogen) atoms. The van der Waals surface area contributed by atoms with Crippen molar-refractivity contribution in [2.75, 3.05) is 5.32 Å².